The van der Waals surface area contributed by atoms with Crippen molar-refractivity contribution >= 4 is 50.9 Å². The first-order valence-electron chi connectivity index (χ1n) is 10.4. The molecule has 0 bridgehead atoms. The summed E-state index contributed by atoms with van der Waals surface area (Å²) in [6.07, 6.45) is 2.34. The summed E-state index contributed by atoms with van der Waals surface area (Å²) in [5, 5.41) is 3.01. The van der Waals surface area contributed by atoms with Gasteiger partial charge in [0.15, 0.2) is 12.4 Å². The molecule has 0 radical (unpaired) electrons. The van der Waals surface area contributed by atoms with Crippen LogP contribution in [0.4, 0.5) is 5.82 Å². The van der Waals surface area contributed by atoms with E-state index in [1.807, 2.05) is 13.8 Å². The molecule has 2 heterocycles. The molecule has 1 aromatic carbocycles. The zero-order chi connectivity index (χ0) is 24.3. The van der Waals surface area contributed by atoms with Crippen LogP contribution >= 0.6 is 23.2 Å². The van der Waals surface area contributed by atoms with Crippen LogP contribution in [0.2, 0.25) is 10.0 Å². The second-order valence-corrected chi connectivity index (χ2v) is 11.0. The highest BCUT2D eigenvalue weighted by atomic mass is 35.5. The van der Waals surface area contributed by atoms with Crippen molar-refractivity contribution in [1.82, 2.24) is 9.29 Å². The summed E-state index contributed by atoms with van der Waals surface area (Å²) in [7, 11) is -3.65. The molecule has 11 heteroatoms. The number of carbonyl (C=O) groups is 2. The number of nitrogens with zero attached hydrogens (tertiary/aromatic N) is 2. The molecule has 1 aromatic heterocycles. The number of amides is 1. The number of rotatable bonds is 6. The summed E-state index contributed by atoms with van der Waals surface area (Å²) in [5.74, 6) is -0.722. The van der Waals surface area contributed by atoms with Gasteiger partial charge in [0, 0.05) is 19.3 Å². The summed E-state index contributed by atoms with van der Waals surface area (Å²) in [6, 6.07) is 5.47. The van der Waals surface area contributed by atoms with E-state index in [0.29, 0.717) is 23.7 Å². The number of benzene rings is 1. The normalized spacial score (nSPS) is 19.2. The van der Waals surface area contributed by atoms with E-state index < -0.39 is 28.5 Å². The van der Waals surface area contributed by atoms with Crippen LogP contribution in [0, 0.1) is 18.8 Å². The number of aromatic nitrogens is 1. The molecule has 2 aromatic rings. The highest BCUT2D eigenvalue weighted by Gasteiger charge is 2.31. The Labute approximate surface area is 203 Å². The van der Waals surface area contributed by atoms with Crippen LogP contribution < -0.4 is 5.32 Å². The Morgan fingerprint density at radius 2 is 1.76 bits per heavy atom. The predicted octanol–water partition coefficient (Wildman–Crippen LogP) is 4.16. The Kier molecular flexibility index (Phi) is 8.00. The van der Waals surface area contributed by atoms with Gasteiger partial charge in [-0.2, -0.15) is 4.31 Å². The van der Waals surface area contributed by atoms with Crippen LogP contribution in [0.5, 0.6) is 0 Å². The summed E-state index contributed by atoms with van der Waals surface area (Å²) in [4.78, 5) is 28.5. The van der Waals surface area contributed by atoms with Gasteiger partial charge in [-0.1, -0.05) is 37.0 Å². The van der Waals surface area contributed by atoms with Gasteiger partial charge in [-0.25, -0.2) is 18.2 Å². The SMILES string of the molecule is Cc1c(Cl)cnc(NC(=O)COC(=O)c2ccc(S(=O)(=O)N3C[C@H](C)C[C@@H](C)C3)cc2)c1Cl. The van der Waals surface area contributed by atoms with Crippen molar-refractivity contribution < 1.29 is 22.7 Å². The zero-order valence-electron chi connectivity index (χ0n) is 18.5. The number of piperidine rings is 1. The molecule has 1 aliphatic rings. The fraction of sp³-hybridized carbons (Fsp3) is 0.409. The quantitative estimate of drug-likeness (QED) is 0.581. The second-order valence-electron chi connectivity index (χ2n) is 8.31. The fourth-order valence-electron chi connectivity index (χ4n) is 3.74. The number of anilines is 1. The second kappa shape index (κ2) is 10.4. The van der Waals surface area contributed by atoms with E-state index in [1.165, 1.54) is 34.8 Å². The highest BCUT2D eigenvalue weighted by molar-refractivity contribution is 7.89. The van der Waals surface area contributed by atoms with Crippen molar-refractivity contribution in [2.75, 3.05) is 25.0 Å². The maximum atomic E-state index is 13.0. The number of halogens is 2. The minimum absolute atomic E-state index is 0.107. The average Bonchev–Trinajstić information content (AvgIpc) is 2.77. The largest absolute Gasteiger partial charge is 0.452 e. The van der Waals surface area contributed by atoms with Crippen molar-refractivity contribution in [3.63, 3.8) is 0 Å². The predicted molar refractivity (Wildman–Crippen MR) is 126 cm³/mol. The number of pyridine rings is 1. The van der Waals surface area contributed by atoms with Gasteiger partial charge in [0.05, 0.1) is 20.5 Å². The third-order valence-corrected chi connectivity index (χ3v) is 8.05. The van der Waals surface area contributed by atoms with Crippen molar-refractivity contribution in [2.24, 2.45) is 11.8 Å². The summed E-state index contributed by atoms with van der Waals surface area (Å²) in [6.45, 7) is 6.12. The molecule has 1 aliphatic heterocycles. The molecule has 178 valence electrons. The topological polar surface area (TPSA) is 106 Å². The first kappa shape index (κ1) is 25.4. The zero-order valence-corrected chi connectivity index (χ0v) is 20.8. The van der Waals surface area contributed by atoms with Gasteiger partial charge in [0.25, 0.3) is 5.91 Å². The van der Waals surface area contributed by atoms with Crippen LogP contribution in [0.25, 0.3) is 0 Å². The Bertz CT molecular complexity index is 1150. The van der Waals surface area contributed by atoms with Gasteiger partial charge in [0.1, 0.15) is 0 Å². The lowest BCUT2D eigenvalue weighted by Gasteiger charge is -2.34. The van der Waals surface area contributed by atoms with Crippen LogP contribution in [0.15, 0.2) is 35.4 Å². The Balaban J connectivity index is 1.60. The van der Waals surface area contributed by atoms with E-state index >= 15 is 0 Å². The lowest BCUT2D eigenvalue weighted by molar-refractivity contribution is -0.119. The standard InChI is InChI=1S/C22H25Cl2N3O5S/c1-13-8-14(2)11-27(10-13)33(30,31)17-6-4-16(5-7-17)22(29)32-12-19(28)26-21-20(24)15(3)18(23)9-25-21/h4-7,9,13-14H,8,10-12H2,1-3H3,(H,25,26,28)/t13-,14-/m1/s1. The molecule has 0 aliphatic carbocycles. The molecule has 8 nitrogen and oxygen atoms in total. The average molecular weight is 514 g/mol. The molecule has 1 fully saturated rings. The lowest BCUT2D eigenvalue weighted by atomic mass is 9.94. The molecule has 3 rings (SSSR count). The molecule has 33 heavy (non-hydrogen) atoms. The van der Waals surface area contributed by atoms with Gasteiger partial charge in [0.2, 0.25) is 10.0 Å². The van der Waals surface area contributed by atoms with E-state index in [0.717, 1.165) is 6.42 Å². The Morgan fingerprint density at radius 3 is 2.36 bits per heavy atom. The number of esters is 1. The molecule has 0 spiro atoms. The van der Waals surface area contributed by atoms with Crippen molar-refractivity contribution in [3.05, 3.63) is 51.6 Å². The van der Waals surface area contributed by atoms with Crippen molar-refractivity contribution in [2.45, 2.75) is 32.1 Å². The summed E-state index contributed by atoms with van der Waals surface area (Å²) >= 11 is 12.0. The third kappa shape index (κ3) is 6.03. The first-order valence-corrected chi connectivity index (χ1v) is 12.6. The number of carbonyl (C=O) groups excluding carboxylic acids is 2. The van der Waals surface area contributed by atoms with Crippen LogP contribution in [-0.2, 0) is 19.6 Å². The highest BCUT2D eigenvalue weighted by Crippen LogP contribution is 2.29. The van der Waals surface area contributed by atoms with Crippen LogP contribution in [0.3, 0.4) is 0 Å². The Morgan fingerprint density at radius 1 is 1.15 bits per heavy atom. The number of hydrogen-bond acceptors (Lipinski definition) is 6. The molecular weight excluding hydrogens is 489 g/mol. The third-order valence-electron chi connectivity index (χ3n) is 5.36. The number of sulfonamides is 1. The van der Waals surface area contributed by atoms with E-state index in [2.05, 4.69) is 10.3 Å². The van der Waals surface area contributed by atoms with Gasteiger partial charge < -0.3 is 10.1 Å². The lowest BCUT2D eigenvalue weighted by Crippen LogP contribution is -2.42. The van der Waals surface area contributed by atoms with Gasteiger partial charge in [-0.15, -0.1) is 0 Å². The van der Waals surface area contributed by atoms with Crippen LogP contribution in [0.1, 0.15) is 36.2 Å². The summed E-state index contributed by atoms with van der Waals surface area (Å²) in [5.41, 5.74) is 0.685. The summed E-state index contributed by atoms with van der Waals surface area (Å²) < 4.78 is 32.4. The molecule has 0 unspecified atom stereocenters. The minimum atomic E-state index is -3.65. The number of hydrogen-bond donors (Lipinski definition) is 1. The molecule has 1 amide bonds. The Hall–Kier alpha value is -2.20. The minimum Gasteiger partial charge on any atom is -0.452 e. The van der Waals surface area contributed by atoms with Gasteiger partial charge in [-0.05, 0) is 55.0 Å². The van der Waals surface area contributed by atoms with Crippen LogP contribution in [-0.4, -0.2) is 49.3 Å². The monoisotopic (exact) mass is 513 g/mol. The van der Waals surface area contributed by atoms with E-state index in [1.54, 1.807) is 6.92 Å². The van der Waals surface area contributed by atoms with Gasteiger partial charge >= 0.3 is 5.97 Å². The molecule has 2 atom stereocenters. The van der Waals surface area contributed by atoms with E-state index in [4.69, 9.17) is 27.9 Å². The van der Waals surface area contributed by atoms with E-state index in [9.17, 15) is 18.0 Å². The van der Waals surface area contributed by atoms with Crippen molar-refractivity contribution in [1.29, 1.82) is 0 Å². The molecule has 1 N–H and O–H groups in total. The molecule has 1 saturated heterocycles. The fourth-order valence-corrected chi connectivity index (χ4v) is 5.81. The molecule has 0 saturated carbocycles. The first-order chi connectivity index (χ1) is 15.5. The number of ether oxygens (including phenoxy) is 1. The van der Waals surface area contributed by atoms with Crippen molar-refractivity contribution in [3.8, 4) is 0 Å². The maximum Gasteiger partial charge on any atom is 0.338 e. The smallest absolute Gasteiger partial charge is 0.338 e. The van der Waals surface area contributed by atoms with E-state index in [-0.39, 0.29) is 33.1 Å². The number of nitrogens with one attached hydrogen (secondary N) is 1. The van der Waals surface area contributed by atoms with Gasteiger partial charge in [-0.3, -0.25) is 4.79 Å². The maximum absolute atomic E-state index is 13.0. The molecular formula is C22H25Cl2N3O5S.